The first-order chi connectivity index (χ1) is 10.9. The Bertz CT molecular complexity index is 552. The van der Waals surface area contributed by atoms with Crippen LogP contribution < -0.4 is 0 Å². The van der Waals surface area contributed by atoms with Crippen molar-refractivity contribution in [2.24, 2.45) is 5.92 Å². The molecular weight excluding hydrogens is 316 g/mol. The summed E-state index contributed by atoms with van der Waals surface area (Å²) in [6.07, 6.45) is 4.31. The molecule has 0 aliphatic heterocycles. The number of ether oxygens (including phenoxy) is 1. The van der Waals surface area contributed by atoms with Crippen molar-refractivity contribution in [2.45, 2.75) is 52.9 Å². The van der Waals surface area contributed by atoms with Crippen LogP contribution in [0.25, 0.3) is 0 Å². The molecule has 0 saturated carbocycles. The lowest BCUT2D eigenvalue weighted by Crippen LogP contribution is -2.14. The summed E-state index contributed by atoms with van der Waals surface area (Å²) in [5.41, 5.74) is 0.622. The van der Waals surface area contributed by atoms with Crippen molar-refractivity contribution in [1.29, 1.82) is 0 Å². The lowest BCUT2D eigenvalue weighted by atomic mass is 9.98. The molecule has 0 atom stereocenters. The maximum absolute atomic E-state index is 12.1. The molecule has 0 fully saturated rings. The van der Waals surface area contributed by atoms with Gasteiger partial charge in [-0.2, -0.15) is 0 Å². The minimum atomic E-state index is -1.21. The Labute approximate surface area is 142 Å². The second-order valence-electron chi connectivity index (χ2n) is 6.04. The van der Waals surface area contributed by atoms with Crippen molar-refractivity contribution in [2.75, 3.05) is 6.61 Å². The molecule has 5 heteroatoms. The average molecular weight is 341 g/mol. The monoisotopic (exact) mass is 340 g/mol. The van der Waals surface area contributed by atoms with E-state index in [9.17, 15) is 14.7 Å². The SMILES string of the molecule is CCCCOC(=O)c1ccc(CCCC(C)C)c(Cl)c1C(=O)O. The van der Waals surface area contributed by atoms with Gasteiger partial charge in [0.05, 0.1) is 22.8 Å². The van der Waals surface area contributed by atoms with Gasteiger partial charge in [0.2, 0.25) is 0 Å². The van der Waals surface area contributed by atoms with Crippen molar-refractivity contribution in [3.8, 4) is 0 Å². The number of rotatable bonds is 9. The van der Waals surface area contributed by atoms with Gasteiger partial charge in [-0.05, 0) is 36.8 Å². The molecule has 0 aromatic heterocycles. The van der Waals surface area contributed by atoms with E-state index in [4.69, 9.17) is 16.3 Å². The van der Waals surface area contributed by atoms with E-state index in [0.29, 0.717) is 12.3 Å². The molecule has 0 heterocycles. The first-order valence-corrected chi connectivity index (χ1v) is 8.48. The van der Waals surface area contributed by atoms with Crippen LogP contribution in [0.4, 0.5) is 0 Å². The van der Waals surface area contributed by atoms with Gasteiger partial charge in [-0.3, -0.25) is 0 Å². The smallest absolute Gasteiger partial charge is 0.339 e. The topological polar surface area (TPSA) is 63.6 Å². The number of carboxylic acid groups (broad SMARTS) is 1. The predicted molar refractivity (Wildman–Crippen MR) is 91.4 cm³/mol. The van der Waals surface area contributed by atoms with Gasteiger partial charge >= 0.3 is 11.9 Å². The largest absolute Gasteiger partial charge is 0.478 e. The number of esters is 1. The molecule has 0 amide bonds. The van der Waals surface area contributed by atoms with Crippen LogP contribution in [0.3, 0.4) is 0 Å². The molecule has 0 aliphatic carbocycles. The number of benzene rings is 1. The third-order valence-corrected chi connectivity index (χ3v) is 4.05. The zero-order valence-corrected chi connectivity index (χ0v) is 14.8. The van der Waals surface area contributed by atoms with Gasteiger partial charge in [-0.15, -0.1) is 0 Å². The maximum Gasteiger partial charge on any atom is 0.339 e. The van der Waals surface area contributed by atoms with Crippen LogP contribution in [-0.4, -0.2) is 23.7 Å². The third-order valence-electron chi connectivity index (χ3n) is 3.61. The van der Waals surface area contributed by atoms with Crippen LogP contribution >= 0.6 is 11.6 Å². The van der Waals surface area contributed by atoms with Crippen LogP contribution in [-0.2, 0) is 11.2 Å². The van der Waals surface area contributed by atoms with Gasteiger partial charge in [0.15, 0.2) is 0 Å². The average Bonchev–Trinajstić information content (AvgIpc) is 2.48. The summed E-state index contributed by atoms with van der Waals surface area (Å²) in [4.78, 5) is 23.6. The van der Waals surface area contributed by atoms with E-state index < -0.39 is 11.9 Å². The molecule has 1 N–H and O–H groups in total. The lowest BCUT2D eigenvalue weighted by Gasteiger charge is -2.12. The van der Waals surface area contributed by atoms with E-state index >= 15 is 0 Å². The number of halogens is 1. The molecular formula is C18H25ClO4. The molecule has 23 heavy (non-hydrogen) atoms. The molecule has 0 saturated heterocycles. The highest BCUT2D eigenvalue weighted by atomic mass is 35.5. The van der Waals surface area contributed by atoms with Gasteiger partial charge in [0, 0.05) is 0 Å². The fourth-order valence-corrected chi connectivity index (χ4v) is 2.62. The summed E-state index contributed by atoms with van der Waals surface area (Å²) in [6, 6.07) is 3.24. The number of carboxylic acids is 1. The highest BCUT2D eigenvalue weighted by molar-refractivity contribution is 6.35. The van der Waals surface area contributed by atoms with Crippen molar-refractivity contribution < 1.29 is 19.4 Å². The lowest BCUT2D eigenvalue weighted by molar-refractivity contribution is 0.0489. The number of aryl methyl sites for hydroxylation is 1. The van der Waals surface area contributed by atoms with Crippen LogP contribution in [0.2, 0.25) is 5.02 Å². The number of carbonyl (C=O) groups excluding carboxylic acids is 1. The molecule has 1 aromatic rings. The molecule has 4 nitrogen and oxygen atoms in total. The van der Waals surface area contributed by atoms with Crippen LogP contribution in [0.1, 0.15) is 72.7 Å². The van der Waals surface area contributed by atoms with Gasteiger partial charge in [-0.1, -0.05) is 51.3 Å². The van der Waals surface area contributed by atoms with Gasteiger partial charge in [0.1, 0.15) is 0 Å². The summed E-state index contributed by atoms with van der Waals surface area (Å²) >= 11 is 6.24. The Kier molecular flexibility index (Phi) is 8.10. The second-order valence-corrected chi connectivity index (χ2v) is 6.42. The number of unbranched alkanes of at least 4 members (excludes halogenated alkanes) is 1. The quantitative estimate of drug-likeness (QED) is 0.509. The zero-order chi connectivity index (χ0) is 17.4. The van der Waals surface area contributed by atoms with Gasteiger partial charge in [-0.25, -0.2) is 9.59 Å². The minimum Gasteiger partial charge on any atom is -0.478 e. The molecule has 0 radical (unpaired) electrons. The fourth-order valence-electron chi connectivity index (χ4n) is 2.28. The van der Waals surface area contributed by atoms with Crippen molar-refractivity contribution in [3.63, 3.8) is 0 Å². The number of carbonyl (C=O) groups is 2. The highest BCUT2D eigenvalue weighted by Gasteiger charge is 2.23. The summed E-state index contributed by atoms with van der Waals surface area (Å²) in [5.74, 6) is -1.25. The first kappa shape index (κ1) is 19.5. The van der Waals surface area contributed by atoms with E-state index in [2.05, 4.69) is 13.8 Å². The fraction of sp³-hybridized carbons (Fsp3) is 0.556. The normalized spacial score (nSPS) is 10.8. The maximum atomic E-state index is 12.1. The Morgan fingerprint density at radius 2 is 1.96 bits per heavy atom. The molecule has 0 aliphatic rings. The van der Waals surface area contributed by atoms with Crippen LogP contribution in [0.5, 0.6) is 0 Å². The van der Waals surface area contributed by atoms with Crippen molar-refractivity contribution in [1.82, 2.24) is 0 Å². The second kappa shape index (κ2) is 9.56. The molecule has 128 valence electrons. The van der Waals surface area contributed by atoms with E-state index in [1.165, 1.54) is 6.07 Å². The van der Waals surface area contributed by atoms with Gasteiger partial charge < -0.3 is 9.84 Å². The zero-order valence-electron chi connectivity index (χ0n) is 14.0. The highest BCUT2D eigenvalue weighted by Crippen LogP contribution is 2.27. The number of aromatic carboxylic acids is 1. The first-order valence-electron chi connectivity index (χ1n) is 8.10. The summed E-state index contributed by atoms with van der Waals surface area (Å²) < 4.78 is 5.11. The van der Waals surface area contributed by atoms with Gasteiger partial charge in [0.25, 0.3) is 0 Å². The van der Waals surface area contributed by atoms with E-state index in [-0.39, 0.29) is 22.8 Å². The Balaban J connectivity index is 2.98. The van der Waals surface area contributed by atoms with Crippen LogP contribution in [0.15, 0.2) is 12.1 Å². The molecule has 0 spiro atoms. The van der Waals surface area contributed by atoms with E-state index in [0.717, 1.165) is 31.2 Å². The number of hydrogen-bond acceptors (Lipinski definition) is 3. The summed E-state index contributed by atoms with van der Waals surface area (Å²) in [6.45, 7) is 6.54. The van der Waals surface area contributed by atoms with E-state index in [1.54, 1.807) is 6.07 Å². The Hall–Kier alpha value is -1.55. The van der Waals surface area contributed by atoms with E-state index in [1.807, 2.05) is 6.92 Å². The molecule has 1 rings (SSSR count). The van der Waals surface area contributed by atoms with Crippen molar-refractivity contribution in [3.05, 3.63) is 33.8 Å². The number of hydrogen-bond donors (Lipinski definition) is 1. The Morgan fingerprint density at radius 1 is 1.26 bits per heavy atom. The molecule has 0 bridgehead atoms. The molecule has 1 aromatic carbocycles. The van der Waals surface area contributed by atoms with Crippen LogP contribution in [0, 0.1) is 5.92 Å². The molecule has 0 unspecified atom stereocenters. The summed E-state index contributed by atoms with van der Waals surface area (Å²) in [5, 5.41) is 9.56. The minimum absolute atomic E-state index is 0.0196. The predicted octanol–water partition coefficient (Wildman–Crippen LogP) is 4.97. The standard InChI is InChI=1S/C18H25ClO4/c1-4-5-11-23-18(22)14-10-9-13(8-6-7-12(2)3)16(19)15(14)17(20)21/h9-10,12H,4-8,11H2,1-3H3,(H,20,21). The Morgan fingerprint density at radius 3 is 2.52 bits per heavy atom. The third kappa shape index (κ3) is 5.87. The summed E-state index contributed by atoms with van der Waals surface area (Å²) in [7, 11) is 0. The van der Waals surface area contributed by atoms with Crippen molar-refractivity contribution >= 4 is 23.5 Å².